The molecule has 0 fully saturated rings. The van der Waals surface area contributed by atoms with Gasteiger partial charge in [0.25, 0.3) is 0 Å². The smallest absolute Gasteiger partial charge is 0.164 e. The minimum Gasteiger partial charge on any atom is -0.456 e. The summed E-state index contributed by atoms with van der Waals surface area (Å²) in [5.41, 5.74) is 8.90. The summed E-state index contributed by atoms with van der Waals surface area (Å²) < 4.78 is 8.81. The van der Waals surface area contributed by atoms with Gasteiger partial charge in [-0.25, -0.2) is 15.0 Å². The maximum Gasteiger partial charge on any atom is 0.164 e. The van der Waals surface area contributed by atoms with Crippen molar-refractivity contribution in [1.29, 1.82) is 0 Å². The molecule has 0 saturated heterocycles. The molecule has 4 nitrogen and oxygen atoms in total. The number of aromatic nitrogens is 3. The number of para-hydroxylation sites is 1. The van der Waals surface area contributed by atoms with E-state index < -0.39 is 0 Å². The molecule has 7 aromatic carbocycles. The highest BCUT2D eigenvalue weighted by Gasteiger charge is 2.18. The van der Waals surface area contributed by atoms with Crippen molar-refractivity contribution in [3.63, 3.8) is 0 Å². The number of benzene rings is 7. The largest absolute Gasteiger partial charge is 0.456 e. The van der Waals surface area contributed by atoms with E-state index in [4.69, 9.17) is 19.4 Å². The molecule has 50 heavy (non-hydrogen) atoms. The van der Waals surface area contributed by atoms with Gasteiger partial charge in [-0.1, -0.05) is 133 Å². The normalized spacial score (nSPS) is 11.6. The number of hydrogen-bond acceptors (Lipinski definition) is 5. The first kappa shape index (κ1) is 28.6. The average molecular weight is 658 g/mol. The lowest BCUT2D eigenvalue weighted by Gasteiger charge is -2.12. The third-order valence-electron chi connectivity index (χ3n) is 9.38. The van der Waals surface area contributed by atoms with Gasteiger partial charge in [0.2, 0.25) is 0 Å². The maximum absolute atomic E-state index is 6.26. The van der Waals surface area contributed by atoms with Crippen molar-refractivity contribution in [2.45, 2.75) is 0 Å². The van der Waals surface area contributed by atoms with Crippen molar-refractivity contribution in [2.75, 3.05) is 0 Å². The summed E-state index contributed by atoms with van der Waals surface area (Å²) in [5.74, 6) is 1.83. The second-order valence-electron chi connectivity index (χ2n) is 12.4. The fraction of sp³-hybridized carbons (Fsp3) is 0. The van der Waals surface area contributed by atoms with Crippen molar-refractivity contribution in [2.24, 2.45) is 0 Å². The van der Waals surface area contributed by atoms with Gasteiger partial charge in [-0.3, -0.25) is 0 Å². The number of fused-ring (bicyclic) bond motifs is 6. The summed E-state index contributed by atoms with van der Waals surface area (Å²) in [6.45, 7) is 0. The second kappa shape index (κ2) is 11.6. The predicted octanol–water partition coefficient (Wildman–Crippen LogP) is 12.5. The summed E-state index contributed by atoms with van der Waals surface area (Å²) in [7, 11) is 0. The maximum atomic E-state index is 6.26. The van der Waals surface area contributed by atoms with Crippen LogP contribution in [0.3, 0.4) is 0 Å². The zero-order chi connectivity index (χ0) is 33.0. The summed E-state index contributed by atoms with van der Waals surface area (Å²) >= 11 is 1.82. The molecule has 0 atom stereocenters. The van der Waals surface area contributed by atoms with Crippen LogP contribution in [0.25, 0.3) is 98.5 Å². The average Bonchev–Trinajstić information content (AvgIpc) is 3.76. The molecule has 0 aliphatic carbocycles. The van der Waals surface area contributed by atoms with Gasteiger partial charge >= 0.3 is 0 Å². The molecule has 5 heteroatoms. The van der Waals surface area contributed by atoms with Crippen molar-refractivity contribution in [3.05, 3.63) is 164 Å². The van der Waals surface area contributed by atoms with E-state index in [-0.39, 0.29) is 0 Å². The number of furan rings is 1. The Morgan fingerprint density at radius 1 is 0.340 bits per heavy atom. The molecule has 0 radical (unpaired) electrons. The highest BCUT2D eigenvalue weighted by Crippen LogP contribution is 2.39. The predicted molar refractivity (Wildman–Crippen MR) is 207 cm³/mol. The molecule has 0 aliphatic heterocycles. The van der Waals surface area contributed by atoms with E-state index in [1.165, 1.54) is 25.7 Å². The molecule has 3 aromatic heterocycles. The fourth-order valence-corrected chi connectivity index (χ4v) is 8.03. The van der Waals surface area contributed by atoms with Gasteiger partial charge < -0.3 is 4.42 Å². The standard InChI is InChI=1S/C45H27N3OS/c1-2-10-28(11-3-1)29-18-20-30(21-19-29)43-46-44(32-23-24-35-34-13-6-8-16-39(34)49-40(35)26-32)48-45(47-43)38-15-5-4-12-33(38)31-22-25-37-36-14-7-9-17-41(36)50-42(37)27-31/h1-27H. The monoisotopic (exact) mass is 657 g/mol. The summed E-state index contributed by atoms with van der Waals surface area (Å²) in [6, 6.07) is 56.9. The van der Waals surface area contributed by atoms with Crippen LogP contribution in [0.2, 0.25) is 0 Å². The molecule has 0 spiro atoms. The highest BCUT2D eigenvalue weighted by molar-refractivity contribution is 7.25. The molecule has 234 valence electrons. The molecule has 0 bridgehead atoms. The summed E-state index contributed by atoms with van der Waals surface area (Å²) in [6.07, 6.45) is 0. The van der Waals surface area contributed by atoms with Crippen LogP contribution >= 0.6 is 11.3 Å². The molecule has 0 aliphatic rings. The molecule has 0 saturated carbocycles. The Balaban J connectivity index is 1.14. The van der Waals surface area contributed by atoms with E-state index in [2.05, 4.69) is 133 Å². The quantitative estimate of drug-likeness (QED) is 0.185. The summed E-state index contributed by atoms with van der Waals surface area (Å²) in [5, 5.41) is 4.72. The Labute approximate surface area is 292 Å². The minimum atomic E-state index is 0.592. The van der Waals surface area contributed by atoms with Crippen LogP contribution in [0.4, 0.5) is 0 Å². The SMILES string of the molecule is c1ccc(-c2ccc(-c3nc(-c4ccc5c(c4)oc4ccccc45)nc(-c4ccccc4-c4ccc5c(c4)sc4ccccc45)n3)cc2)cc1. The van der Waals surface area contributed by atoms with Crippen LogP contribution < -0.4 is 0 Å². The van der Waals surface area contributed by atoms with E-state index in [1.807, 2.05) is 41.7 Å². The lowest BCUT2D eigenvalue weighted by Crippen LogP contribution is -2.01. The third kappa shape index (κ3) is 4.87. The lowest BCUT2D eigenvalue weighted by atomic mass is 9.98. The first-order chi connectivity index (χ1) is 24.7. The van der Waals surface area contributed by atoms with Crippen LogP contribution in [-0.2, 0) is 0 Å². The molecule has 0 N–H and O–H groups in total. The Morgan fingerprint density at radius 3 is 1.76 bits per heavy atom. The van der Waals surface area contributed by atoms with Gasteiger partial charge in [-0.05, 0) is 52.6 Å². The van der Waals surface area contributed by atoms with E-state index in [1.54, 1.807) is 0 Å². The van der Waals surface area contributed by atoms with Crippen LogP contribution in [0, 0.1) is 0 Å². The van der Waals surface area contributed by atoms with E-state index in [0.29, 0.717) is 17.5 Å². The van der Waals surface area contributed by atoms with Gasteiger partial charge in [0, 0.05) is 47.6 Å². The first-order valence-electron chi connectivity index (χ1n) is 16.6. The molecule has 3 heterocycles. The van der Waals surface area contributed by atoms with Gasteiger partial charge in [-0.2, -0.15) is 0 Å². The topological polar surface area (TPSA) is 51.8 Å². The van der Waals surface area contributed by atoms with Crippen molar-refractivity contribution < 1.29 is 4.42 Å². The molecule has 10 rings (SSSR count). The number of rotatable bonds is 5. The van der Waals surface area contributed by atoms with Gasteiger partial charge in [-0.15, -0.1) is 11.3 Å². The van der Waals surface area contributed by atoms with E-state index in [9.17, 15) is 0 Å². The van der Waals surface area contributed by atoms with Crippen molar-refractivity contribution in [1.82, 2.24) is 15.0 Å². The van der Waals surface area contributed by atoms with Crippen LogP contribution in [-0.4, -0.2) is 15.0 Å². The highest BCUT2D eigenvalue weighted by atomic mass is 32.1. The molecule has 0 unspecified atom stereocenters. The zero-order valence-electron chi connectivity index (χ0n) is 26.7. The van der Waals surface area contributed by atoms with Crippen LogP contribution in [0.5, 0.6) is 0 Å². The van der Waals surface area contributed by atoms with E-state index in [0.717, 1.165) is 55.3 Å². The lowest BCUT2D eigenvalue weighted by molar-refractivity contribution is 0.669. The minimum absolute atomic E-state index is 0.592. The van der Waals surface area contributed by atoms with Crippen LogP contribution in [0.1, 0.15) is 0 Å². The molecular weight excluding hydrogens is 631 g/mol. The van der Waals surface area contributed by atoms with Gasteiger partial charge in [0.1, 0.15) is 11.2 Å². The van der Waals surface area contributed by atoms with Gasteiger partial charge in [0.15, 0.2) is 17.5 Å². The van der Waals surface area contributed by atoms with Gasteiger partial charge in [0.05, 0.1) is 0 Å². The Bertz CT molecular complexity index is 2870. The number of hydrogen-bond donors (Lipinski definition) is 0. The third-order valence-corrected chi connectivity index (χ3v) is 10.5. The fourth-order valence-electron chi connectivity index (χ4n) is 6.89. The second-order valence-corrected chi connectivity index (χ2v) is 13.5. The number of nitrogens with zero attached hydrogens (tertiary/aromatic N) is 3. The molecule has 0 amide bonds. The van der Waals surface area contributed by atoms with Crippen molar-refractivity contribution >= 4 is 53.4 Å². The molecular formula is C45H27N3OS. The van der Waals surface area contributed by atoms with Crippen LogP contribution in [0.15, 0.2) is 168 Å². The first-order valence-corrected chi connectivity index (χ1v) is 17.4. The summed E-state index contributed by atoms with van der Waals surface area (Å²) in [4.78, 5) is 15.4. The van der Waals surface area contributed by atoms with E-state index >= 15 is 0 Å². The number of thiophene rings is 1. The Kier molecular flexibility index (Phi) is 6.64. The Hall–Kier alpha value is -6.43. The zero-order valence-corrected chi connectivity index (χ0v) is 27.6. The Morgan fingerprint density at radius 2 is 0.900 bits per heavy atom. The molecule has 10 aromatic rings. The van der Waals surface area contributed by atoms with Crippen molar-refractivity contribution in [3.8, 4) is 56.4 Å².